The molecule has 27 heavy (non-hydrogen) atoms. The second kappa shape index (κ2) is 9.33. The largest absolute Gasteiger partial charge is 0.481 e. The predicted molar refractivity (Wildman–Crippen MR) is 98.4 cm³/mol. The summed E-state index contributed by atoms with van der Waals surface area (Å²) in [7, 11) is -3.37. The SMILES string of the molecule is CS(=O)(=O)NCc1ccc(C(=O)N(CCCC(=O)O)Cc2ccccc2)o1. The summed E-state index contributed by atoms with van der Waals surface area (Å²) in [5.74, 6) is -0.912. The normalized spacial score (nSPS) is 11.3. The zero-order valence-corrected chi connectivity index (χ0v) is 15.7. The molecule has 0 aliphatic heterocycles. The molecule has 0 atom stereocenters. The maximum atomic E-state index is 12.8. The quantitative estimate of drug-likeness (QED) is 0.635. The Morgan fingerprint density at radius 3 is 2.48 bits per heavy atom. The molecule has 0 aliphatic carbocycles. The number of rotatable bonds is 10. The number of nitrogens with one attached hydrogen (secondary N) is 1. The van der Waals surface area contributed by atoms with Crippen molar-refractivity contribution in [3.05, 3.63) is 59.5 Å². The van der Waals surface area contributed by atoms with Gasteiger partial charge in [-0.15, -0.1) is 0 Å². The van der Waals surface area contributed by atoms with Crippen LogP contribution in [-0.4, -0.2) is 43.1 Å². The predicted octanol–water partition coefficient (Wildman–Crippen LogP) is 1.84. The number of hydrogen-bond donors (Lipinski definition) is 2. The Labute approximate surface area is 157 Å². The summed E-state index contributed by atoms with van der Waals surface area (Å²) in [4.78, 5) is 25.1. The van der Waals surface area contributed by atoms with Crippen LogP contribution in [0.1, 0.15) is 34.7 Å². The van der Waals surface area contributed by atoms with Gasteiger partial charge in [-0.1, -0.05) is 30.3 Å². The van der Waals surface area contributed by atoms with Crippen LogP contribution in [0.4, 0.5) is 0 Å². The molecule has 0 saturated carbocycles. The van der Waals surface area contributed by atoms with Crippen LogP contribution in [0.25, 0.3) is 0 Å². The minimum absolute atomic E-state index is 0.0414. The Bertz CT molecular complexity index is 876. The van der Waals surface area contributed by atoms with Crippen molar-refractivity contribution in [2.24, 2.45) is 0 Å². The van der Waals surface area contributed by atoms with Gasteiger partial charge in [0.05, 0.1) is 12.8 Å². The number of furan rings is 1. The van der Waals surface area contributed by atoms with Gasteiger partial charge in [0.1, 0.15) is 5.76 Å². The third kappa shape index (κ3) is 7.24. The Balaban J connectivity index is 2.09. The van der Waals surface area contributed by atoms with Gasteiger partial charge < -0.3 is 14.4 Å². The number of nitrogens with zero attached hydrogens (tertiary/aromatic N) is 1. The van der Waals surface area contributed by atoms with Crippen LogP contribution >= 0.6 is 0 Å². The molecule has 146 valence electrons. The molecule has 0 aliphatic rings. The monoisotopic (exact) mass is 394 g/mol. The fraction of sp³-hybridized carbons (Fsp3) is 0.333. The van der Waals surface area contributed by atoms with E-state index < -0.39 is 16.0 Å². The third-order valence-corrected chi connectivity index (χ3v) is 4.37. The van der Waals surface area contributed by atoms with E-state index in [1.54, 1.807) is 0 Å². The van der Waals surface area contributed by atoms with Crippen LogP contribution in [0, 0.1) is 0 Å². The van der Waals surface area contributed by atoms with Crippen LogP contribution in [0.15, 0.2) is 46.9 Å². The summed E-state index contributed by atoms with van der Waals surface area (Å²) in [5, 5.41) is 8.82. The Morgan fingerprint density at radius 2 is 1.85 bits per heavy atom. The first kappa shape index (κ1) is 20.7. The molecule has 1 amide bonds. The first-order chi connectivity index (χ1) is 12.7. The molecule has 1 heterocycles. The lowest BCUT2D eigenvalue weighted by atomic mass is 10.2. The van der Waals surface area contributed by atoms with Crippen molar-refractivity contribution in [1.82, 2.24) is 9.62 Å². The molecule has 0 unspecified atom stereocenters. The number of amides is 1. The summed E-state index contributed by atoms with van der Waals surface area (Å²) < 4.78 is 30.1. The second-order valence-corrected chi connectivity index (χ2v) is 7.90. The van der Waals surface area contributed by atoms with Gasteiger partial charge in [0.2, 0.25) is 10.0 Å². The number of benzene rings is 1. The molecule has 0 radical (unpaired) electrons. The minimum Gasteiger partial charge on any atom is -0.481 e. The zero-order chi connectivity index (χ0) is 19.9. The molecular formula is C18H22N2O6S. The molecule has 0 bridgehead atoms. The number of carbonyl (C=O) groups excluding carboxylic acids is 1. The van der Waals surface area contributed by atoms with Crippen LogP contribution in [-0.2, 0) is 27.9 Å². The number of carboxylic acids is 1. The topological polar surface area (TPSA) is 117 Å². The lowest BCUT2D eigenvalue weighted by molar-refractivity contribution is -0.137. The lowest BCUT2D eigenvalue weighted by Gasteiger charge is -2.21. The molecule has 2 rings (SSSR count). The van der Waals surface area contributed by atoms with Crippen LogP contribution < -0.4 is 4.72 Å². The van der Waals surface area contributed by atoms with Crippen LogP contribution in [0.3, 0.4) is 0 Å². The van der Waals surface area contributed by atoms with Gasteiger partial charge in [0, 0.05) is 19.5 Å². The molecule has 9 heteroatoms. The van der Waals surface area contributed by atoms with Crippen molar-refractivity contribution >= 4 is 21.9 Å². The third-order valence-electron chi connectivity index (χ3n) is 3.70. The lowest BCUT2D eigenvalue weighted by Crippen LogP contribution is -2.31. The van der Waals surface area contributed by atoms with Crippen molar-refractivity contribution in [3.8, 4) is 0 Å². The Morgan fingerprint density at radius 1 is 1.15 bits per heavy atom. The number of sulfonamides is 1. The van der Waals surface area contributed by atoms with Gasteiger partial charge >= 0.3 is 5.97 Å². The summed E-state index contributed by atoms with van der Waals surface area (Å²) in [5.41, 5.74) is 0.909. The van der Waals surface area contributed by atoms with E-state index in [4.69, 9.17) is 9.52 Å². The zero-order valence-electron chi connectivity index (χ0n) is 14.9. The molecule has 0 fully saturated rings. The first-order valence-corrected chi connectivity index (χ1v) is 10.2. The average molecular weight is 394 g/mol. The highest BCUT2D eigenvalue weighted by molar-refractivity contribution is 7.88. The molecule has 1 aromatic heterocycles. The highest BCUT2D eigenvalue weighted by Crippen LogP contribution is 2.14. The van der Waals surface area contributed by atoms with E-state index in [0.717, 1.165) is 11.8 Å². The highest BCUT2D eigenvalue weighted by atomic mass is 32.2. The van der Waals surface area contributed by atoms with E-state index in [9.17, 15) is 18.0 Å². The minimum atomic E-state index is -3.37. The van der Waals surface area contributed by atoms with Crippen molar-refractivity contribution in [1.29, 1.82) is 0 Å². The number of carboxylic acid groups (broad SMARTS) is 1. The molecule has 2 N–H and O–H groups in total. The van der Waals surface area contributed by atoms with Gasteiger partial charge in [-0.3, -0.25) is 9.59 Å². The fourth-order valence-corrected chi connectivity index (χ4v) is 2.83. The molecule has 1 aromatic carbocycles. The van der Waals surface area contributed by atoms with Gasteiger partial charge in [0.15, 0.2) is 5.76 Å². The molecular weight excluding hydrogens is 372 g/mol. The highest BCUT2D eigenvalue weighted by Gasteiger charge is 2.20. The van der Waals surface area contributed by atoms with Crippen molar-refractivity contribution < 1.29 is 27.5 Å². The molecule has 0 saturated heterocycles. The van der Waals surface area contributed by atoms with Crippen molar-refractivity contribution in [2.75, 3.05) is 12.8 Å². The van der Waals surface area contributed by atoms with E-state index in [1.807, 2.05) is 30.3 Å². The first-order valence-electron chi connectivity index (χ1n) is 8.33. The molecule has 0 spiro atoms. The standard InChI is InChI=1S/C18H22N2O6S/c1-27(24,25)19-12-15-9-10-16(26-15)18(23)20(11-5-8-17(21)22)13-14-6-3-2-4-7-14/h2-4,6-7,9-10,19H,5,8,11-13H2,1H3,(H,21,22). The molecule has 2 aromatic rings. The van der Waals surface area contributed by atoms with Gasteiger partial charge in [-0.05, 0) is 24.1 Å². The number of carbonyl (C=O) groups is 2. The van der Waals surface area contributed by atoms with E-state index in [-0.39, 0.29) is 31.2 Å². The summed E-state index contributed by atoms with van der Waals surface area (Å²) in [6.45, 7) is 0.526. The van der Waals surface area contributed by atoms with E-state index in [1.165, 1.54) is 17.0 Å². The molecule has 8 nitrogen and oxygen atoms in total. The van der Waals surface area contributed by atoms with Crippen molar-refractivity contribution in [3.63, 3.8) is 0 Å². The summed E-state index contributed by atoms with van der Waals surface area (Å²) in [6, 6.07) is 12.4. The number of aliphatic carboxylic acids is 1. The van der Waals surface area contributed by atoms with Gasteiger partial charge in [-0.2, -0.15) is 0 Å². The van der Waals surface area contributed by atoms with Gasteiger partial charge in [-0.25, -0.2) is 13.1 Å². The number of hydrogen-bond acceptors (Lipinski definition) is 5. The summed E-state index contributed by atoms with van der Waals surface area (Å²) >= 11 is 0. The van der Waals surface area contributed by atoms with Crippen LogP contribution in [0.5, 0.6) is 0 Å². The van der Waals surface area contributed by atoms with Gasteiger partial charge in [0.25, 0.3) is 5.91 Å². The van der Waals surface area contributed by atoms with E-state index in [0.29, 0.717) is 18.7 Å². The second-order valence-electron chi connectivity index (χ2n) is 6.07. The maximum Gasteiger partial charge on any atom is 0.303 e. The van der Waals surface area contributed by atoms with Crippen LogP contribution in [0.2, 0.25) is 0 Å². The Kier molecular flexibility index (Phi) is 7.14. The average Bonchev–Trinajstić information content (AvgIpc) is 3.07. The fourth-order valence-electron chi connectivity index (χ4n) is 2.42. The Hall–Kier alpha value is -2.65. The van der Waals surface area contributed by atoms with E-state index >= 15 is 0 Å². The maximum absolute atomic E-state index is 12.8. The van der Waals surface area contributed by atoms with Crippen molar-refractivity contribution in [2.45, 2.75) is 25.9 Å². The van der Waals surface area contributed by atoms with E-state index in [2.05, 4.69) is 4.72 Å². The smallest absolute Gasteiger partial charge is 0.303 e. The summed E-state index contributed by atoms with van der Waals surface area (Å²) in [6.07, 6.45) is 1.31.